The first-order chi connectivity index (χ1) is 18.3. The van der Waals surface area contributed by atoms with Gasteiger partial charge < -0.3 is 99.6 Å². The summed E-state index contributed by atoms with van der Waals surface area (Å²) in [5, 5.41) is 50.8. The number of fused-ring (bicyclic) bond motifs is 2. The molecule has 5 rings (SSSR count). The van der Waals surface area contributed by atoms with Gasteiger partial charge in [-0.15, -0.1) is 48.4 Å². The minimum Gasteiger partial charge on any atom is -0.686 e. The molecule has 4 heterocycles. The van der Waals surface area contributed by atoms with Crippen LogP contribution in [0.4, 0.5) is 0 Å². The zero-order valence-electron chi connectivity index (χ0n) is 24.5. The van der Waals surface area contributed by atoms with Crippen molar-refractivity contribution in [3.63, 3.8) is 0 Å². The van der Waals surface area contributed by atoms with Gasteiger partial charge in [0.05, 0.1) is 0 Å². The van der Waals surface area contributed by atoms with Crippen molar-refractivity contribution in [1.29, 1.82) is 21.0 Å². The molecule has 250 valence electrons. The summed E-state index contributed by atoms with van der Waals surface area (Å²) >= 11 is 0. The van der Waals surface area contributed by atoms with Gasteiger partial charge in [-0.05, 0) is 11.5 Å². The van der Waals surface area contributed by atoms with E-state index in [1.54, 1.807) is 0 Å². The van der Waals surface area contributed by atoms with Crippen molar-refractivity contribution in [2.75, 3.05) is 19.6 Å². The molecule has 0 bridgehead atoms. The Morgan fingerprint density at radius 3 is 1.89 bits per heavy atom. The fourth-order valence-electron chi connectivity index (χ4n) is 3.60. The van der Waals surface area contributed by atoms with Gasteiger partial charge in [-0.1, -0.05) is 61.8 Å². The number of rotatable bonds is 1. The molecular formula is C28H35Fe3N9O4Sm-4. The van der Waals surface area contributed by atoms with Crippen molar-refractivity contribution >= 4 is 0 Å². The monoisotopic (exact) mass is 881 g/mol. The average Bonchev–Trinajstić information content (AvgIpc) is 3.03. The van der Waals surface area contributed by atoms with Crippen LogP contribution in [0.1, 0.15) is 19.3 Å². The maximum Gasteiger partial charge on any atom is 6.00 e. The minimum atomic E-state index is 0. The second-order valence-corrected chi connectivity index (χ2v) is 6.84. The fraction of sp³-hybridized carbons (Fsp3) is 0.286. The second kappa shape index (κ2) is 51.3. The van der Waals surface area contributed by atoms with Gasteiger partial charge in [0.25, 0.3) is 0 Å². The van der Waals surface area contributed by atoms with Crippen LogP contribution in [0.5, 0.6) is 0 Å². The van der Waals surface area contributed by atoms with E-state index >= 15 is 0 Å². The summed E-state index contributed by atoms with van der Waals surface area (Å²) in [7, 11) is 0. The van der Waals surface area contributed by atoms with Crippen LogP contribution in [0, 0.1) is 113 Å². The molecule has 0 spiro atoms. The normalized spacial score (nSPS) is 16.8. The molecular weight excluding hydrogens is 844 g/mol. The molecule has 0 aromatic carbocycles. The van der Waals surface area contributed by atoms with E-state index in [2.05, 4.69) is 69.9 Å². The van der Waals surface area contributed by atoms with Crippen molar-refractivity contribution in [3.8, 4) is 0 Å². The van der Waals surface area contributed by atoms with Crippen molar-refractivity contribution in [2.45, 2.75) is 25.3 Å². The summed E-state index contributed by atoms with van der Waals surface area (Å²) in [4.78, 5) is 8.11. The van der Waals surface area contributed by atoms with Crippen LogP contribution in [-0.2, 0) is 51.2 Å². The van der Waals surface area contributed by atoms with Crippen LogP contribution < -0.4 is 0 Å². The van der Waals surface area contributed by atoms with E-state index in [0.717, 1.165) is 31.0 Å². The van der Waals surface area contributed by atoms with Crippen LogP contribution >= 0.6 is 0 Å². The predicted molar refractivity (Wildman–Crippen MR) is 156 cm³/mol. The number of hydrogen-bond acceptors (Lipinski definition) is 6. The fourth-order valence-corrected chi connectivity index (χ4v) is 3.60. The molecule has 17 heteroatoms. The molecule has 0 aromatic heterocycles. The Kier molecular flexibility index (Phi) is 79.2. The number of allylic oxidation sites excluding steroid dienone is 6. The van der Waals surface area contributed by atoms with Gasteiger partial charge >= 0.3 is 17.1 Å². The first kappa shape index (κ1) is 69.5. The first-order valence-electron chi connectivity index (χ1n) is 10.7. The molecule has 2 atom stereocenters. The SMILES string of the molecule is C1=CC[N-]C(C2CCCC[N-]2)=C1.C1=C[N-]C2=C3[N-]CC=CC3C=CC2=C1.O.O.O=NO.[C-]#N.[C-]#N.[C-]#N.[C-]#N.[CH3-].[CH3-].[Fe+6].[Fe].[Fe].[Sm]. The van der Waals surface area contributed by atoms with Gasteiger partial charge in [0.2, 0.25) is 0 Å². The maximum atomic E-state index is 8.11. The molecule has 1 fully saturated rings. The Morgan fingerprint density at radius 1 is 0.844 bits per heavy atom. The molecule has 13 nitrogen and oxygen atoms in total. The van der Waals surface area contributed by atoms with Crippen LogP contribution in [-0.4, -0.2) is 41.8 Å². The summed E-state index contributed by atoms with van der Waals surface area (Å²) in [6.07, 6.45) is 24.5. The molecule has 0 radical (unpaired) electrons. The van der Waals surface area contributed by atoms with Crippen LogP contribution in [0.2, 0.25) is 0 Å². The third-order valence-corrected chi connectivity index (χ3v) is 4.95. The zero-order valence-corrected chi connectivity index (χ0v) is 30.5. The van der Waals surface area contributed by atoms with E-state index in [1.807, 2.05) is 12.3 Å². The molecule has 5 aliphatic rings. The third-order valence-electron chi connectivity index (χ3n) is 4.95. The minimum absolute atomic E-state index is 0. The van der Waals surface area contributed by atoms with E-state index in [9.17, 15) is 0 Å². The van der Waals surface area contributed by atoms with Crippen molar-refractivity contribution in [1.82, 2.24) is 0 Å². The number of nitrogens with zero attached hydrogens (tertiary/aromatic N) is 9. The van der Waals surface area contributed by atoms with Crippen LogP contribution in [0.15, 0.2) is 88.9 Å². The summed E-state index contributed by atoms with van der Waals surface area (Å²) in [5.41, 5.74) is 4.53. The van der Waals surface area contributed by atoms with E-state index in [-0.39, 0.29) is 117 Å². The average molecular weight is 880 g/mol. The standard InChI is InChI=1S/C12H10N2.C10H14N2.4CN.2CH3.3Fe.HNO2.2H2O.Sm/c1-3-9-5-6-10-4-2-8-14-12(10)11(9)13-7-1;1-3-7-11-9(5-1)10-6-2-4-8-12-10;4*1-2;;;;;;2-1-3;;;/h1-7,10H,8H2;1,3,5,10H,2,4,6-8H2;;;;;2*1H3;;;;(H,2,3);2*1H2;/q2*-2;6*-1;;;+6;;;;. The van der Waals surface area contributed by atoms with E-state index in [4.69, 9.17) is 57.5 Å². The largest absolute Gasteiger partial charge is 6.00 e. The summed E-state index contributed by atoms with van der Waals surface area (Å²) in [6, 6.07) is 0.406. The van der Waals surface area contributed by atoms with Gasteiger partial charge in [0, 0.05) is 74.5 Å². The first-order valence-corrected chi connectivity index (χ1v) is 10.7. The number of piperidine rings is 1. The van der Waals surface area contributed by atoms with Crippen molar-refractivity contribution in [2.24, 2.45) is 11.3 Å². The van der Waals surface area contributed by atoms with E-state index < -0.39 is 0 Å². The zero-order chi connectivity index (χ0) is 28.3. The topological polar surface area (TPSA) is 264 Å². The quantitative estimate of drug-likeness (QED) is 0.114. The van der Waals surface area contributed by atoms with Gasteiger partial charge in [0.15, 0.2) is 5.34 Å². The second-order valence-electron chi connectivity index (χ2n) is 6.84. The summed E-state index contributed by atoms with van der Waals surface area (Å²) in [6.45, 7) is 21.7. The Balaban J connectivity index is -0.0000000460. The Hall–Kier alpha value is -2.28. The summed E-state index contributed by atoms with van der Waals surface area (Å²) < 4.78 is 0. The molecule has 0 amide bonds. The molecule has 4 aliphatic heterocycles. The molecule has 45 heavy (non-hydrogen) atoms. The molecule has 1 aliphatic carbocycles. The van der Waals surface area contributed by atoms with Gasteiger partial charge in [-0.25, -0.2) is 0 Å². The Bertz CT molecular complexity index is 965. The molecule has 0 aromatic rings. The van der Waals surface area contributed by atoms with Gasteiger partial charge in [-0.3, -0.25) is 0 Å². The molecule has 5 N–H and O–H groups in total. The van der Waals surface area contributed by atoms with Crippen LogP contribution in [0.3, 0.4) is 0 Å². The molecule has 2 unspecified atom stereocenters. The molecule has 0 saturated carbocycles. The third kappa shape index (κ3) is 27.7. The van der Waals surface area contributed by atoms with E-state index in [1.165, 1.54) is 35.9 Å². The van der Waals surface area contributed by atoms with Crippen molar-refractivity contribution in [3.05, 3.63) is 151 Å². The predicted octanol–water partition coefficient (Wildman–Crippen LogP) is 5.67. The van der Waals surface area contributed by atoms with Gasteiger partial charge in [-0.2, -0.15) is 17.6 Å². The Morgan fingerprint density at radius 2 is 1.40 bits per heavy atom. The Labute approximate surface area is 332 Å². The van der Waals surface area contributed by atoms with Crippen molar-refractivity contribution < 1.29 is 108 Å². The smallest absolute Gasteiger partial charge is 0.686 e. The number of hydrogen-bond donors (Lipinski definition) is 1. The van der Waals surface area contributed by atoms with Crippen LogP contribution in [0.25, 0.3) is 21.3 Å². The van der Waals surface area contributed by atoms with E-state index in [0.29, 0.717) is 12.0 Å². The summed E-state index contributed by atoms with van der Waals surface area (Å²) in [5.74, 6) is 0.339. The van der Waals surface area contributed by atoms with Gasteiger partial charge in [0.1, 0.15) is 0 Å². The molecule has 1 saturated heterocycles. The maximum absolute atomic E-state index is 8.11.